The molecule has 156 valence electrons. The van der Waals surface area contributed by atoms with Crippen molar-refractivity contribution in [2.45, 2.75) is 38.2 Å². The summed E-state index contributed by atoms with van der Waals surface area (Å²) in [7, 11) is -3.57. The van der Waals surface area contributed by atoms with Gasteiger partial charge in [-0.1, -0.05) is 37.3 Å². The molecule has 0 unspecified atom stereocenters. The molecule has 1 fully saturated rings. The fraction of sp³-hybridized carbons (Fsp3) is 0.409. The summed E-state index contributed by atoms with van der Waals surface area (Å²) in [6, 6.07) is 14.7. The molecule has 0 spiro atoms. The molecule has 6 nitrogen and oxygen atoms in total. The lowest BCUT2D eigenvalue weighted by Gasteiger charge is -2.35. The number of benzene rings is 2. The van der Waals surface area contributed by atoms with Crippen molar-refractivity contribution in [2.24, 2.45) is 0 Å². The first-order chi connectivity index (χ1) is 13.8. The third-order valence-corrected chi connectivity index (χ3v) is 7.22. The van der Waals surface area contributed by atoms with Gasteiger partial charge in [0, 0.05) is 26.2 Å². The maximum Gasteiger partial charge on any atom is 0.263 e. The number of hydrogen-bond acceptors (Lipinski definition) is 4. The topological polar surface area (TPSA) is 66.9 Å². The summed E-state index contributed by atoms with van der Waals surface area (Å²) in [4.78, 5) is 14.9. The predicted molar refractivity (Wildman–Crippen MR) is 112 cm³/mol. The maximum atomic E-state index is 13.1. The van der Waals surface area contributed by atoms with Crippen LogP contribution < -0.4 is 4.74 Å². The van der Waals surface area contributed by atoms with Gasteiger partial charge in [-0.15, -0.1) is 0 Å². The SMILES string of the molecule is CC[C@@H](Oc1ccccc1)C(=O)N1CCN(S(=O)(=O)c2cc(C)ccc2C)CC1. The minimum absolute atomic E-state index is 0.0971. The van der Waals surface area contributed by atoms with E-state index in [0.717, 1.165) is 11.1 Å². The van der Waals surface area contributed by atoms with Crippen LogP contribution in [0.15, 0.2) is 53.4 Å². The predicted octanol–water partition coefficient (Wildman–Crippen LogP) is 2.99. The molecule has 0 bridgehead atoms. The van der Waals surface area contributed by atoms with E-state index in [1.807, 2.05) is 56.3 Å². The van der Waals surface area contributed by atoms with Crippen LogP contribution >= 0.6 is 0 Å². The fourth-order valence-electron chi connectivity index (χ4n) is 3.45. The number of nitrogens with zero attached hydrogens (tertiary/aromatic N) is 2. The van der Waals surface area contributed by atoms with Gasteiger partial charge < -0.3 is 9.64 Å². The van der Waals surface area contributed by atoms with Crippen LogP contribution in [0.5, 0.6) is 5.75 Å². The van der Waals surface area contributed by atoms with Crippen LogP contribution in [0.25, 0.3) is 0 Å². The second-order valence-electron chi connectivity index (χ2n) is 7.33. The summed E-state index contributed by atoms with van der Waals surface area (Å²) in [5.74, 6) is 0.559. The number of carbonyl (C=O) groups is 1. The molecule has 1 saturated heterocycles. The minimum atomic E-state index is -3.57. The van der Waals surface area contributed by atoms with Gasteiger partial charge in [0.05, 0.1) is 4.90 Å². The number of hydrogen-bond donors (Lipinski definition) is 0. The van der Waals surface area contributed by atoms with Gasteiger partial charge in [-0.05, 0) is 49.6 Å². The van der Waals surface area contributed by atoms with Crippen molar-refractivity contribution in [3.63, 3.8) is 0 Å². The first-order valence-corrected chi connectivity index (χ1v) is 11.3. The molecule has 1 amide bonds. The van der Waals surface area contributed by atoms with Crippen LogP contribution in [-0.2, 0) is 14.8 Å². The number of sulfonamides is 1. The number of piperazine rings is 1. The normalized spacial score (nSPS) is 16.4. The average molecular weight is 417 g/mol. The molecule has 0 saturated carbocycles. The van der Waals surface area contributed by atoms with E-state index < -0.39 is 16.1 Å². The van der Waals surface area contributed by atoms with Gasteiger partial charge in [-0.25, -0.2) is 8.42 Å². The lowest BCUT2D eigenvalue weighted by Crippen LogP contribution is -2.53. The first kappa shape index (κ1) is 21.3. The number of rotatable bonds is 6. The van der Waals surface area contributed by atoms with E-state index >= 15 is 0 Å². The van der Waals surface area contributed by atoms with E-state index in [2.05, 4.69) is 0 Å². The lowest BCUT2D eigenvalue weighted by atomic mass is 10.2. The molecule has 2 aromatic carbocycles. The van der Waals surface area contributed by atoms with Crippen LogP contribution in [0.2, 0.25) is 0 Å². The van der Waals surface area contributed by atoms with Crippen molar-refractivity contribution in [3.05, 3.63) is 59.7 Å². The van der Waals surface area contributed by atoms with Crippen molar-refractivity contribution >= 4 is 15.9 Å². The summed E-state index contributed by atoms with van der Waals surface area (Å²) in [5.41, 5.74) is 1.64. The number of carbonyl (C=O) groups excluding carboxylic acids is 1. The second-order valence-corrected chi connectivity index (χ2v) is 9.23. The van der Waals surface area contributed by atoms with Crippen LogP contribution in [0.3, 0.4) is 0 Å². The summed E-state index contributed by atoms with van der Waals surface area (Å²) in [6.45, 7) is 6.87. The Balaban J connectivity index is 1.66. The Morgan fingerprint density at radius 3 is 2.31 bits per heavy atom. The average Bonchev–Trinajstić information content (AvgIpc) is 2.74. The quantitative estimate of drug-likeness (QED) is 0.726. The van der Waals surface area contributed by atoms with E-state index in [1.54, 1.807) is 17.9 Å². The summed E-state index contributed by atoms with van der Waals surface area (Å²) in [6.07, 6.45) is -0.0195. The number of ether oxygens (including phenoxy) is 1. The Hall–Kier alpha value is -2.38. The Labute approximate surface area is 173 Å². The second kappa shape index (κ2) is 8.97. The zero-order chi connectivity index (χ0) is 21.0. The molecule has 3 rings (SSSR count). The molecule has 29 heavy (non-hydrogen) atoms. The number of aryl methyl sites for hydroxylation is 2. The monoisotopic (exact) mass is 416 g/mol. The van der Waals surface area contributed by atoms with Crippen LogP contribution in [-0.4, -0.2) is 55.8 Å². The van der Waals surface area contributed by atoms with Gasteiger partial charge in [0.1, 0.15) is 5.75 Å². The minimum Gasteiger partial charge on any atom is -0.481 e. The largest absolute Gasteiger partial charge is 0.481 e. The molecule has 1 aliphatic heterocycles. The Kier molecular flexibility index (Phi) is 6.59. The van der Waals surface area contributed by atoms with Crippen LogP contribution in [0.4, 0.5) is 0 Å². The van der Waals surface area contributed by atoms with Crippen molar-refractivity contribution in [3.8, 4) is 5.75 Å². The van der Waals surface area contributed by atoms with E-state index in [-0.39, 0.29) is 19.0 Å². The third kappa shape index (κ3) is 4.79. The van der Waals surface area contributed by atoms with Gasteiger partial charge in [0.2, 0.25) is 10.0 Å². The molecule has 0 aliphatic carbocycles. The van der Waals surface area contributed by atoms with Gasteiger partial charge in [0.15, 0.2) is 6.10 Å². The zero-order valence-corrected chi connectivity index (χ0v) is 18.0. The maximum absolute atomic E-state index is 13.1. The molecule has 7 heteroatoms. The Morgan fingerprint density at radius 1 is 1.03 bits per heavy atom. The molecule has 0 N–H and O–H groups in total. The highest BCUT2D eigenvalue weighted by Crippen LogP contribution is 2.23. The molecular weight excluding hydrogens is 388 g/mol. The molecular formula is C22H28N2O4S. The van der Waals surface area contributed by atoms with Crippen molar-refractivity contribution in [2.75, 3.05) is 26.2 Å². The van der Waals surface area contributed by atoms with Gasteiger partial charge in [-0.3, -0.25) is 4.79 Å². The molecule has 0 radical (unpaired) electrons. The molecule has 0 aromatic heterocycles. The molecule has 1 atom stereocenters. The van der Waals surface area contributed by atoms with Crippen LogP contribution in [0, 0.1) is 13.8 Å². The summed E-state index contributed by atoms with van der Waals surface area (Å²) < 4.78 is 33.4. The van der Waals surface area contributed by atoms with E-state index in [4.69, 9.17) is 4.74 Å². The molecule has 1 aliphatic rings. The highest BCUT2D eigenvalue weighted by Gasteiger charge is 2.33. The number of para-hydroxylation sites is 1. The molecule has 1 heterocycles. The smallest absolute Gasteiger partial charge is 0.263 e. The lowest BCUT2D eigenvalue weighted by molar-refractivity contribution is -0.140. The standard InChI is InChI=1S/C22H28N2O4S/c1-4-20(28-19-8-6-5-7-9-19)22(25)23-12-14-24(15-13-23)29(26,27)21-16-17(2)10-11-18(21)3/h5-11,16,20H,4,12-15H2,1-3H3/t20-/m1/s1. The van der Waals surface area contributed by atoms with Gasteiger partial charge >= 0.3 is 0 Å². The van der Waals surface area contributed by atoms with Gasteiger partial charge in [-0.2, -0.15) is 4.31 Å². The fourth-order valence-corrected chi connectivity index (χ4v) is 5.18. The van der Waals surface area contributed by atoms with Crippen molar-refractivity contribution < 1.29 is 17.9 Å². The molecule has 2 aromatic rings. The van der Waals surface area contributed by atoms with Crippen LogP contribution in [0.1, 0.15) is 24.5 Å². The summed E-state index contributed by atoms with van der Waals surface area (Å²) >= 11 is 0. The zero-order valence-electron chi connectivity index (χ0n) is 17.2. The summed E-state index contributed by atoms with van der Waals surface area (Å²) in [5, 5.41) is 0. The van der Waals surface area contributed by atoms with E-state index in [9.17, 15) is 13.2 Å². The Morgan fingerprint density at radius 2 is 1.69 bits per heavy atom. The highest BCUT2D eigenvalue weighted by atomic mass is 32.2. The van der Waals surface area contributed by atoms with Crippen molar-refractivity contribution in [1.29, 1.82) is 0 Å². The first-order valence-electron chi connectivity index (χ1n) is 9.91. The highest BCUT2D eigenvalue weighted by molar-refractivity contribution is 7.89. The van der Waals surface area contributed by atoms with E-state index in [0.29, 0.717) is 30.2 Å². The van der Waals surface area contributed by atoms with Crippen molar-refractivity contribution in [1.82, 2.24) is 9.21 Å². The van der Waals surface area contributed by atoms with Gasteiger partial charge in [0.25, 0.3) is 5.91 Å². The third-order valence-electron chi connectivity index (χ3n) is 5.18. The Bertz CT molecular complexity index is 952. The van der Waals surface area contributed by atoms with E-state index in [1.165, 1.54) is 4.31 Å². The number of amides is 1.